The van der Waals surface area contributed by atoms with E-state index in [-0.39, 0.29) is 0 Å². The van der Waals surface area contributed by atoms with Crippen LogP contribution in [-0.2, 0) is 0 Å². The van der Waals surface area contributed by atoms with Crippen molar-refractivity contribution in [2.24, 2.45) is 0 Å². The zero-order valence-electron chi connectivity index (χ0n) is 16.8. The van der Waals surface area contributed by atoms with E-state index in [2.05, 4.69) is 50.5 Å². The predicted molar refractivity (Wildman–Crippen MR) is 116 cm³/mol. The Hall–Kier alpha value is -3.24. The number of terminal acetylenes is 1. The smallest absolute Gasteiger partial charge is 0.223 e. The van der Waals surface area contributed by atoms with Gasteiger partial charge in [-0.05, 0) is 58.0 Å². The number of fused-ring (bicyclic) bond motifs is 1. The van der Waals surface area contributed by atoms with Gasteiger partial charge in [0.1, 0.15) is 17.4 Å². The molecule has 0 saturated heterocycles. The lowest BCUT2D eigenvalue weighted by Crippen LogP contribution is -2.36. The van der Waals surface area contributed by atoms with Crippen molar-refractivity contribution in [2.75, 3.05) is 24.7 Å². The number of nitrogens with one attached hydrogen (secondary N) is 2. The van der Waals surface area contributed by atoms with Gasteiger partial charge in [0.2, 0.25) is 5.95 Å². The Bertz CT molecular complexity index is 1030. The van der Waals surface area contributed by atoms with Crippen LogP contribution >= 0.6 is 0 Å². The normalized spacial score (nSPS) is 19.1. The summed E-state index contributed by atoms with van der Waals surface area (Å²) in [5, 5.41) is 6.79. The maximum Gasteiger partial charge on any atom is 0.223 e. The van der Waals surface area contributed by atoms with Gasteiger partial charge in [0.15, 0.2) is 5.82 Å². The molecule has 0 aliphatic heterocycles. The van der Waals surface area contributed by atoms with Gasteiger partial charge in [-0.2, -0.15) is 0 Å². The maximum atomic E-state index is 5.50. The molecule has 1 fully saturated rings. The summed E-state index contributed by atoms with van der Waals surface area (Å²) in [4.78, 5) is 20.1. The third kappa shape index (κ3) is 4.44. The van der Waals surface area contributed by atoms with Gasteiger partial charge in [-0.15, -0.1) is 6.42 Å². The van der Waals surface area contributed by atoms with Crippen LogP contribution in [0.5, 0.6) is 0 Å². The van der Waals surface area contributed by atoms with Crippen LogP contribution < -0.4 is 10.6 Å². The summed E-state index contributed by atoms with van der Waals surface area (Å²) < 4.78 is 0. The predicted octanol–water partition coefficient (Wildman–Crippen LogP) is 3.43. The van der Waals surface area contributed by atoms with Gasteiger partial charge in [-0.25, -0.2) is 19.9 Å². The molecule has 0 unspecified atom stereocenters. The van der Waals surface area contributed by atoms with Crippen LogP contribution in [0.2, 0.25) is 0 Å². The number of rotatable bonds is 5. The minimum Gasteiger partial charge on any atom is -0.351 e. The van der Waals surface area contributed by atoms with Crippen molar-refractivity contribution in [3.05, 3.63) is 42.4 Å². The summed E-state index contributed by atoms with van der Waals surface area (Å²) in [5.74, 6) is 3.89. The standard InChI is InChI=1S/C22H25N7/c1-4-15-6-5-7-17(12-15)26-21-20-19(24-14-25-21)13-23-22(28-20)27-16-8-10-18(11-9-16)29(2)3/h1,5-7,12-14,16,18H,8-11H2,2-3H3,(H,23,27,28)(H,24,25,26). The number of nitrogens with zero attached hydrogens (tertiary/aromatic N) is 5. The molecule has 0 spiro atoms. The lowest BCUT2D eigenvalue weighted by atomic mass is 9.91. The third-order valence-electron chi connectivity index (χ3n) is 5.43. The molecule has 29 heavy (non-hydrogen) atoms. The molecule has 1 saturated carbocycles. The molecule has 148 valence electrons. The molecular formula is C22H25N7. The first-order valence-electron chi connectivity index (χ1n) is 9.87. The second kappa shape index (κ2) is 8.41. The quantitative estimate of drug-likeness (QED) is 0.649. The molecule has 1 aliphatic rings. The molecule has 4 rings (SSSR count). The van der Waals surface area contributed by atoms with Crippen LogP contribution in [0.1, 0.15) is 31.2 Å². The third-order valence-corrected chi connectivity index (χ3v) is 5.43. The Morgan fingerprint density at radius 2 is 1.93 bits per heavy atom. The molecule has 2 aromatic heterocycles. The summed E-state index contributed by atoms with van der Waals surface area (Å²) >= 11 is 0. The Kier molecular flexibility index (Phi) is 5.54. The molecule has 7 nitrogen and oxygen atoms in total. The lowest BCUT2D eigenvalue weighted by Gasteiger charge is -2.32. The summed E-state index contributed by atoms with van der Waals surface area (Å²) in [6, 6.07) is 8.69. The van der Waals surface area contributed by atoms with Gasteiger partial charge < -0.3 is 15.5 Å². The molecule has 2 N–H and O–H groups in total. The van der Waals surface area contributed by atoms with Crippen molar-refractivity contribution in [3.63, 3.8) is 0 Å². The molecule has 0 bridgehead atoms. The van der Waals surface area contributed by atoms with Crippen LogP contribution in [0.15, 0.2) is 36.8 Å². The fourth-order valence-electron chi connectivity index (χ4n) is 3.76. The van der Waals surface area contributed by atoms with Gasteiger partial charge in [0.05, 0.1) is 6.20 Å². The first-order chi connectivity index (χ1) is 14.1. The largest absolute Gasteiger partial charge is 0.351 e. The van der Waals surface area contributed by atoms with Gasteiger partial charge >= 0.3 is 0 Å². The fourth-order valence-corrected chi connectivity index (χ4v) is 3.76. The summed E-state index contributed by atoms with van der Waals surface area (Å²) in [5.41, 5.74) is 3.03. The molecule has 7 heteroatoms. The minimum absolute atomic E-state index is 0.386. The highest BCUT2D eigenvalue weighted by Crippen LogP contribution is 2.25. The zero-order chi connectivity index (χ0) is 20.2. The highest BCUT2D eigenvalue weighted by molar-refractivity contribution is 5.87. The van der Waals surface area contributed by atoms with Crippen molar-refractivity contribution in [2.45, 2.75) is 37.8 Å². The first-order valence-corrected chi connectivity index (χ1v) is 9.87. The molecule has 1 aliphatic carbocycles. The molecule has 0 radical (unpaired) electrons. The number of anilines is 3. The number of benzene rings is 1. The zero-order valence-corrected chi connectivity index (χ0v) is 16.8. The highest BCUT2D eigenvalue weighted by atomic mass is 15.1. The summed E-state index contributed by atoms with van der Waals surface area (Å²) in [6.07, 6.45) is 13.3. The highest BCUT2D eigenvalue weighted by Gasteiger charge is 2.23. The summed E-state index contributed by atoms with van der Waals surface area (Å²) in [6.45, 7) is 0. The van der Waals surface area contributed by atoms with E-state index < -0.39 is 0 Å². The van der Waals surface area contributed by atoms with Gasteiger partial charge in [0.25, 0.3) is 0 Å². The van der Waals surface area contributed by atoms with Crippen LogP contribution in [0.25, 0.3) is 11.0 Å². The van der Waals surface area contributed by atoms with Gasteiger partial charge in [0, 0.05) is 23.3 Å². The van der Waals surface area contributed by atoms with E-state index in [1.807, 2.05) is 24.3 Å². The van der Waals surface area contributed by atoms with E-state index in [4.69, 9.17) is 11.4 Å². The molecule has 1 aromatic carbocycles. The molecule has 2 heterocycles. The van der Waals surface area contributed by atoms with Crippen molar-refractivity contribution >= 4 is 28.5 Å². The Morgan fingerprint density at radius 3 is 2.69 bits per heavy atom. The second-order valence-corrected chi connectivity index (χ2v) is 7.61. The molecule has 3 aromatic rings. The molecule has 0 atom stereocenters. The Morgan fingerprint density at radius 1 is 1.10 bits per heavy atom. The van der Waals surface area contributed by atoms with E-state index in [1.165, 1.54) is 19.2 Å². The number of hydrogen-bond acceptors (Lipinski definition) is 7. The van der Waals surface area contributed by atoms with E-state index in [9.17, 15) is 0 Å². The van der Waals surface area contributed by atoms with E-state index in [0.29, 0.717) is 34.9 Å². The van der Waals surface area contributed by atoms with Crippen molar-refractivity contribution < 1.29 is 0 Å². The van der Waals surface area contributed by atoms with Crippen molar-refractivity contribution in [1.29, 1.82) is 0 Å². The van der Waals surface area contributed by atoms with Gasteiger partial charge in [-0.1, -0.05) is 12.0 Å². The average Bonchev–Trinajstić information content (AvgIpc) is 2.75. The van der Waals surface area contributed by atoms with Crippen LogP contribution in [0.4, 0.5) is 17.5 Å². The maximum absolute atomic E-state index is 5.50. The lowest BCUT2D eigenvalue weighted by molar-refractivity contribution is 0.221. The Labute approximate surface area is 171 Å². The SMILES string of the molecule is C#Cc1cccc(Nc2ncnc3cnc(NC4CCC(N(C)C)CC4)nc23)c1. The number of aromatic nitrogens is 4. The Balaban J connectivity index is 1.54. The van der Waals surface area contributed by atoms with E-state index in [1.54, 1.807) is 6.20 Å². The topological polar surface area (TPSA) is 78.9 Å². The molecule has 0 amide bonds. The fraction of sp³-hybridized carbons (Fsp3) is 0.364. The minimum atomic E-state index is 0.386. The second-order valence-electron chi connectivity index (χ2n) is 7.61. The van der Waals surface area contributed by atoms with Crippen molar-refractivity contribution in [1.82, 2.24) is 24.8 Å². The van der Waals surface area contributed by atoms with E-state index >= 15 is 0 Å². The first kappa shape index (κ1) is 19.1. The average molecular weight is 387 g/mol. The number of hydrogen-bond donors (Lipinski definition) is 2. The monoisotopic (exact) mass is 387 g/mol. The van der Waals surface area contributed by atoms with Crippen LogP contribution in [0, 0.1) is 12.3 Å². The van der Waals surface area contributed by atoms with E-state index in [0.717, 1.165) is 24.1 Å². The van der Waals surface area contributed by atoms with Crippen LogP contribution in [-0.4, -0.2) is 51.0 Å². The van der Waals surface area contributed by atoms with Gasteiger partial charge in [-0.3, -0.25) is 0 Å². The van der Waals surface area contributed by atoms with Crippen LogP contribution in [0.3, 0.4) is 0 Å². The van der Waals surface area contributed by atoms with Crippen molar-refractivity contribution in [3.8, 4) is 12.3 Å². The molecular weight excluding hydrogens is 362 g/mol. The summed E-state index contributed by atoms with van der Waals surface area (Å²) in [7, 11) is 4.30.